The Labute approximate surface area is 192 Å². The average molecular weight is 450 g/mol. The van der Waals surface area contributed by atoms with E-state index in [-0.39, 0.29) is 12.7 Å². The topological polar surface area (TPSA) is 82.2 Å². The SMILES string of the molecule is COc1cc2nc(C(=O)N3CCC(C)CC3)cc(Nc3ccc4c(c3)OCO4)c2cc1OC. The summed E-state index contributed by atoms with van der Waals surface area (Å²) < 4.78 is 21.9. The summed E-state index contributed by atoms with van der Waals surface area (Å²) >= 11 is 0. The van der Waals surface area contributed by atoms with Gasteiger partial charge in [0.15, 0.2) is 23.0 Å². The maximum atomic E-state index is 13.3. The number of fused-ring (bicyclic) bond motifs is 2. The van der Waals surface area contributed by atoms with Crippen molar-refractivity contribution in [3.63, 3.8) is 0 Å². The third-order valence-corrected chi connectivity index (χ3v) is 6.26. The van der Waals surface area contributed by atoms with E-state index in [9.17, 15) is 4.79 Å². The lowest BCUT2D eigenvalue weighted by Crippen LogP contribution is -2.38. The molecule has 0 saturated carbocycles. The first kappa shape index (κ1) is 21.2. The standard InChI is InChI=1S/C25H27N3O5/c1-15-6-8-28(9-7-15)25(29)20-12-18(26-16-4-5-21-24(10-16)33-14-32-21)17-11-22(30-2)23(31-3)13-19(17)27-20/h4-5,10-13,15H,6-9,14H2,1-3H3,(H,26,27). The van der Waals surface area contributed by atoms with Gasteiger partial charge in [-0.15, -0.1) is 0 Å². The summed E-state index contributed by atoms with van der Waals surface area (Å²) in [5, 5.41) is 4.24. The summed E-state index contributed by atoms with van der Waals surface area (Å²) in [4.78, 5) is 19.9. The number of nitrogens with zero attached hydrogens (tertiary/aromatic N) is 2. The number of pyridine rings is 1. The quantitative estimate of drug-likeness (QED) is 0.610. The van der Waals surface area contributed by atoms with Crippen LogP contribution in [-0.2, 0) is 0 Å². The third kappa shape index (κ3) is 4.08. The van der Waals surface area contributed by atoms with Crippen molar-refractivity contribution in [2.24, 2.45) is 5.92 Å². The first-order valence-corrected chi connectivity index (χ1v) is 11.1. The summed E-state index contributed by atoms with van der Waals surface area (Å²) in [6.07, 6.45) is 2.01. The minimum atomic E-state index is -0.0627. The van der Waals surface area contributed by atoms with E-state index in [1.165, 1.54) is 0 Å². The molecule has 0 aliphatic carbocycles. The number of carbonyl (C=O) groups is 1. The number of hydrogen-bond donors (Lipinski definition) is 1. The van der Waals surface area contributed by atoms with Crippen molar-refractivity contribution < 1.29 is 23.7 Å². The van der Waals surface area contributed by atoms with Crippen LogP contribution in [0.3, 0.4) is 0 Å². The Morgan fingerprint density at radius 1 is 1.03 bits per heavy atom. The monoisotopic (exact) mass is 449 g/mol. The predicted octanol–water partition coefficient (Wildman–Crippen LogP) is 4.60. The van der Waals surface area contributed by atoms with E-state index in [4.69, 9.17) is 23.9 Å². The number of likely N-dealkylation sites (tertiary alicyclic amines) is 1. The third-order valence-electron chi connectivity index (χ3n) is 6.26. The van der Waals surface area contributed by atoms with E-state index in [1.54, 1.807) is 26.4 Å². The predicted molar refractivity (Wildman–Crippen MR) is 125 cm³/mol. The van der Waals surface area contributed by atoms with E-state index in [0.717, 1.165) is 42.7 Å². The Balaban J connectivity index is 1.57. The number of hydrogen-bond acceptors (Lipinski definition) is 7. The van der Waals surface area contributed by atoms with Gasteiger partial charge in [-0.25, -0.2) is 4.98 Å². The zero-order valence-electron chi connectivity index (χ0n) is 19.0. The molecule has 0 radical (unpaired) electrons. The fraction of sp³-hybridized carbons (Fsp3) is 0.360. The maximum Gasteiger partial charge on any atom is 0.272 e. The van der Waals surface area contributed by atoms with E-state index in [0.29, 0.717) is 40.1 Å². The number of nitrogens with one attached hydrogen (secondary N) is 1. The minimum Gasteiger partial charge on any atom is -0.493 e. The second-order valence-electron chi connectivity index (χ2n) is 8.45. The average Bonchev–Trinajstić information content (AvgIpc) is 3.31. The first-order valence-electron chi connectivity index (χ1n) is 11.1. The van der Waals surface area contributed by atoms with Crippen LogP contribution in [0.1, 0.15) is 30.3 Å². The van der Waals surface area contributed by atoms with Gasteiger partial charge in [0.05, 0.1) is 25.4 Å². The number of rotatable bonds is 5. The zero-order valence-corrected chi connectivity index (χ0v) is 19.0. The molecule has 0 unspecified atom stereocenters. The molecule has 1 N–H and O–H groups in total. The molecule has 3 aromatic rings. The second kappa shape index (κ2) is 8.69. The lowest BCUT2D eigenvalue weighted by Gasteiger charge is -2.30. The summed E-state index contributed by atoms with van der Waals surface area (Å²) in [5.74, 6) is 3.11. The first-order chi connectivity index (χ1) is 16.1. The second-order valence-corrected chi connectivity index (χ2v) is 8.45. The highest BCUT2D eigenvalue weighted by atomic mass is 16.7. The smallest absolute Gasteiger partial charge is 0.272 e. The molecule has 1 saturated heterocycles. The fourth-order valence-corrected chi connectivity index (χ4v) is 4.27. The van der Waals surface area contributed by atoms with Gasteiger partial charge in [-0.2, -0.15) is 0 Å². The van der Waals surface area contributed by atoms with E-state index in [1.807, 2.05) is 29.2 Å². The van der Waals surface area contributed by atoms with Gasteiger partial charge >= 0.3 is 0 Å². The number of amides is 1. The molecule has 172 valence electrons. The summed E-state index contributed by atoms with van der Waals surface area (Å²) in [6.45, 7) is 3.93. The molecule has 1 amide bonds. The van der Waals surface area contributed by atoms with Crippen molar-refractivity contribution in [1.82, 2.24) is 9.88 Å². The molecule has 8 nitrogen and oxygen atoms in total. The lowest BCUT2D eigenvalue weighted by atomic mass is 9.99. The van der Waals surface area contributed by atoms with Crippen molar-refractivity contribution in [2.45, 2.75) is 19.8 Å². The Hall–Kier alpha value is -3.68. The molecule has 1 fully saturated rings. The normalized spacial score (nSPS) is 15.5. The van der Waals surface area contributed by atoms with Gasteiger partial charge in [-0.3, -0.25) is 4.79 Å². The molecule has 3 heterocycles. The Morgan fingerprint density at radius 2 is 1.76 bits per heavy atom. The van der Waals surface area contributed by atoms with Gasteiger partial charge in [-0.1, -0.05) is 6.92 Å². The molecule has 0 spiro atoms. The lowest BCUT2D eigenvalue weighted by molar-refractivity contribution is 0.0691. The van der Waals surface area contributed by atoms with Crippen LogP contribution in [0, 0.1) is 5.92 Å². The van der Waals surface area contributed by atoms with Crippen molar-refractivity contribution in [3.05, 3.63) is 42.1 Å². The van der Waals surface area contributed by atoms with Crippen LogP contribution in [0.4, 0.5) is 11.4 Å². The largest absolute Gasteiger partial charge is 0.493 e. The molecule has 0 atom stereocenters. The Bertz CT molecular complexity index is 1200. The minimum absolute atomic E-state index is 0.0627. The van der Waals surface area contributed by atoms with E-state index >= 15 is 0 Å². The number of benzene rings is 2. The molecular weight excluding hydrogens is 422 g/mol. The van der Waals surface area contributed by atoms with Gasteiger partial charge in [0.2, 0.25) is 6.79 Å². The Kier molecular flexibility index (Phi) is 5.58. The number of methoxy groups -OCH3 is 2. The van der Waals surface area contributed by atoms with E-state index in [2.05, 4.69) is 12.2 Å². The Morgan fingerprint density at radius 3 is 2.52 bits per heavy atom. The highest BCUT2D eigenvalue weighted by molar-refractivity contribution is 6.01. The molecule has 2 aliphatic rings. The number of piperidine rings is 1. The van der Waals surface area contributed by atoms with Gasteiger partial charge in [0.25, 0.3) is 5.91 Å². The molecule has 2 aliphatic heterocycles. The number of aromatic nitrogens is 1. The van der Waals surface area contributed by atoms with E-state index < -0.39 is 0 Å². The van der Waals surface area contributed by atoms with Crippen molar-refractivity contribution in [3.8, 4) is 23.0 Å². The molecule has 5 rings (SSSR count). The highest BCUT2D eigenvalue weighted by Gasteiger charge is 2.24. The maximum absolute atomic E-state index is 13.3. The van der Waals surface area contributed by atoms with Gasteiger partial charge < -0.3 is 29.2 Å². The van der Waals surface area contributed by atoms with Crippen LogP contribution in [0.25, 0.3) is 10.9 Å². The van der Waals surface area contributed by atoms with Crippen LogP contribution < -0.4 is 24.3 Å². The summed E-state index contributed by atoms with van der Waals surface area (Å²) in [7, 11) is 3.18. The van der Waals surface area contributed by atoms with Gasteiger partial charge in [0.1, 0.15) is 5.69 Å². The van der Waals surface area contributed by atoms with Crippen LogP contribution in [0.5, 0.6) is 23.0 Å². The number of anilines is 2. The van der Waals surface area contributed by atoms with Crippen molar-refractivity contribution in [1.29, 1.82) is 0 Å². The molecule has 8 heteroatoms. The zero-order chi connectivity index (χ0) is 22.9. The number of carbonyl (C=O) groups excluding carboxylic acids is 1. The van der Waals surface area contributed by atoms with Crippen molar-refractivity contribution >= 4 is 28.2 Å². The summed E-state index contributed by atoms with van der Waals surface area (Å²) in [5.41, 5.74) is 2.60. The highest BCUT2D eigenvalue weighted by Crippen LogP contribution is 2.39. The van der Waals surface area contributed by atoms with Gasteiger partial charge in [0, 0.05) is 36.3 Å². The van der Waals surface area contributed by atoms with Gasteiger partial charge in [-0.05, 0) is 43.0 Å². The number of ether oxygens (including phenoxy) is 4. The fourth-order valence-electron chi connectivity index (χ4n) is 4.27. The van der Waals surface area contributed by atoms with Crippen LogP contribution >= 0.6 is 0 Å². The molecule has 0 bridgehead atoms. The molecular formula is C25H27N3O5. The van der Waals surface area contributed by atoms with Crippen LogP contribution in [0.2, 0.25) is 0 Å². The van der Waals surface area contributed by atoms with Crippen LogP contribution in [-0.4, -0.2) is 49.9 Å². The van der Waals surface area contributed by atoms with Crippen molar-refractivity contribution in [2.75, 3.05) is 39.4 Å². The molecule has 2 aromatic carbocycles. The molecule has 33 heavy (non-hydrogen) atoms. The molecule has 1 aromatic heterocycles. The summed E-state index contributed by atoms with van der Waals surface area (Å²) in [6, 6.07) is 11.1. The van der Waals surface area contributed by atoms with Crippen LogP contribution in [0.15, 0.2) is 36.4 Å².